The third kappa shape index (κ3) is 6.25. The fourth-order valence-electron chi connectivity index (χ4n) is 2.51. The fourth-order valence-corrected chi connectivity index (χ4v) is 2.51. The van der Waals surface area contributed by atoms with Crippen molar-refractivity contribution in [1.82, 2.24) is 10.3 Å². The average molecular weight is 382 g/mol. The molecule has 0 amide bonds. The minimum atomic E-state index is -4.34. The van der Waals surface area contributed by atoms with E-state index in [0.29, 0.717) is 5.56 Å². The lowest BCUT2D eigenvalue weighted by Crippen LogP contribution is -2.40. The molecule has 2 atom stereocenters. The summed E-state index contributed by atoms with van der Waals surface area (Å²) in [5.74, 6) is -0.904. The van der Waals surface area contributed by atoms with Crippen LogP contribution in [-0.4, -0.2) is 34.8 Å². The van der Waals surface area contributed by atoms with Gasteiger partial charge >= 0.3 is 12.1 Å². The predicted molar refractivity (Wildman–Crippen MR) is 93.9 cm³/mol. The summed E-state index contributed by atoms with van der Waals surface area (Å²) >= 11 is 0. The first-order chi connectivity index (χ1) is 12.7. The van der Waals surface area contributed by atoms with Crippen molar-refractivity contribution in [2.24, 2.45) is 0 Å². The van der Waals surface area contributed by atoms with Gasteiger partial charge in [0.1, 0.15) is 17.5 Å². The van der Waals surface area contributed by atoms with Gasteiger partial charge in [0, 0.05) is 6.04 Å². The van der Waals surface area contributed by atoms with Crippen LogP contribution in [0.2, 0.25) is 0 Å². The Morgan fingerprint density at radius 2 is 1.89 bits per heavy atom. The van der Waals surface area contributed by atoms with Crippen LogP contribution in [0.5, 0.6) is 5.75 Å². The first-order valence-corrected chi connectivity index (χ1v) is 8.44. The van der Waals surface area contributed by atoms with E-state index in [2.05, 4.69) is 10.3 Å². The Morgan fingerprint density at radius 1 is 1.22 bits per heavy atom. The number of ether oxygens (including phenoxy) is 1. The number of carboxylic acids is 1. The van der Waals surface area contributed by atoms with E-state index in [1.165, 1.54) is 18.3 Å². The summed E-state index contributed by atoms with van der Waals surface area (Å²) in [5, 5.41) is 11.3. The van der Waals surface area contributed by atoms with Gasteiger partial charge in [-0.05, 0) is 36.6 Å². The Bertz CT molecular complexity index is 746. The van der Waals surface area contributed by atoms with Crippen LogP contribution in [0, 0.1) is 0 Å². The van der Waals surface area contributed by atoms with E-state index in [-0.39, 0.29) is 11.4 Å². The van der Waals surface area contributed by atoms with Crippen molar-refractivity contribution in [3.8, 4) is 5.75 Å². The summed E-state index contributed by atoms with van der Waals surface area (Å²) in [7, 11) is 0. The van der Waals surface area contributed by atoms with E-state index in [0.717, 1.165) is 12.0 Å². The molecule has 0 bridgehead atoms. The molecule has 0 aliphatic rings. The normalized spacial score (nSPS) is 13.8. The molecule has 2 aromatic rings. The van der Waals surface area contributed by atoms with Gasteiger partial charge in [-0.15, -0.1) is 0 Å². The second kappa shape index (κ2) is 8.85. The maximum atomic E-state index is 12.6. The molecule has 0 saturated heterocycles. The SMILES string of the molecule is CCc1ccc([C@@H](Oc2ccc(C(=O)O)nc2)[C@H](C)NCC(F)(F)F)cc1. The molecular formula is C19H21F3N2O3. The van der Waals surface area contributed by atoms with Crippen molar-refractivity contribution in [2.45, 2.75) is 38.6 Å². The van der Waals surface area contributed by atoms with Crippen LogP contribution in [0.25, 0.3) is 0 Å². The minimum Gasteiger partial charge on any atom is -0.482 e. The smallest absolute Gasteiger partial charge is 0.401 e. The van der Waals surface area contributed by atoms with Gasteiger partial charge in [0.2, 0.25) is 0 Å². The van der Waals surface area contributed by atoms with Crippen LogP contribution in [0.4, 0.5) is 13.2 Å². The number of carboxylic acid groups (broad SMARTS) is 1. The molecule has 0 unspecified atom stereocenters. The van der Waals surface area contributed by atoms with E-state index >= 15 is 0 Å². The van der Waals surface area contributed by atoms with Gasteiger partial charge < -0.3 is 15.2 Å². The maximum absolute atomic E-state index is 12.6. The molecule has 0 saturated carbocycles. The van der Waals surface area contributed by atoms with E-state index in [9.17, 15) is 18.0 Å². The molecule has 1 aromatic heterocycles. The quantitative estimate of drug-likeness (QED) is 0.722. The molecule has 0 aliphatic carbocycles. The van der Waals surface area contributed by atoms with Gasteiger partial charge in [-0.2, -0.15) is 13.2 Å². The number of halogens is 3. The number of aromatic nitrogens is 1. The molecule has 146 valence electrons. The number of pyridine rings is 1. The highest BCUT2D eigenvalue weighted by molar-refractivity contribution is 5.85. The number of rotatable bonds is 8. The second-order valence-electron chi connectivity index (χ2n) is 6.10. The molecule has 8 heteroatoms. The van der Waals surface area contributed by atoms with E-state index in [1.807, 2.05) is 31.2 Å². The van der Waals surface area contributed by atoms with E-state index in [1.54, 1.807) is 6.92 Å². The van der Waals surface area contributed by atoms with Crippen LogP contribution in [-0.2, 0) is 6.42 Å². The second-order valence-corrected chi connectivity index (χ2v) is 6.10. The van der Waals surface area contributed by atoms with Crippen LogP contribution >= 0.6 is 0 Å². The third-order valence-electron chi connectivity index (χ3n) is 4.01. The van der Waals surface area contributed by atoms with Crippen molar-refractivity contribution in [3.05, 3.63) is 59.4 Å². The number of hydrogen-bond acceptors (Lipinski definition) is 4. The molecule has 27 heavy (non-hydrogen) atoms. The molecule has 1 heterocycles. The lowest BCUT2D eigenvalue weighted by Gasteiger charge is -2.27. The maximum Gasteiger partial charge on any atom is 0.401 e. The summed E-state index contributed by atoms with van der Waals surface area (Å²) in [6.07, 6.45) is -2.97. The monoisotopic (exact) mass is 382 g/mol. The number of aromatic carboxylic acids is 1. The van der Waals surface area contributed by atoms with Gasteiger partial charge in [0.25, 0.3) is 0 Å². The number of carbonyl (C=O) groups is 1. The van der Waals surface area contributed by atoms with Gasteiger partial charge in [0.05, 0.1) is 12.7 Å². The van der Waals surface area contributed by atoms with Gasteiger partial charge in [-0.3, -0.25) is 0 Å². The van der Waals surface area contributed by atoms with Crippen molar-refractivity contribution in [1.29, 1.82) is 0 Å². The molecular weight excluding hydrogens is 361 g/mol. The number of aryl methyl sites for hydroxylation is 1. The van der Waals surface area contributed by atoms with Crippen molar-refractivity contribution < 1.29 is 27.8 Å². The summed E-state index contributed by atoms with van der Waals surface area (Å²) in [5.41, 5.74) is 1.66. The zero-order valence-corrected chi connectivity index (χ0v) is 15.0. The Labute approximate surface area is 155 Å². The van der Waals surface area contributed by atoms with Crippen molar-refractivity contribution in [3.63, 3.8) is 0 Å². The Hall–Kier alpha value is -2.61. The first kappa shape index (κ1) is 20.7. The van der Waals surface area contributed by atoms with Gasteiger partial charge in [-0.1, -0.05) is 31.2 Å². The Kier molecular flexibility index (Phi) is 6.79. The average Bonchev–Trinajstić information content (AvgIpc) is 2.64. The largest absolute Gasteiger partial charge is 0.482 e. The van der Waals surface area contributed by atoms with Crippen LogP contribution in [0.3, 0.4) is 0 Å². The summed E-state index contributed by atoms with van der Waals surface area (Å²) in [6.45, 7) is 2.46. The van der Waals surface area contributed by atoms with Gasteiger partial charge in [-0.25, -0.2) is 9.78 Å². The highest BCUT2D eigenvalue weighted by Crippen LogP contribution is 2.26. The summed E-state index contributed by atoms with van der Waals surface area (Å²) in [6, 6.07) is 9.48. The molecule has 5 nitrogen and oxygen atoms in total. The number of nitrogens with one attached hydrogen (secondary N) is 1. The van der Waals surface area contributed by atoms with Gasteiger partial charge in [0.15, 0.2) is 0 Å². The number of alkyl halides is 3. The molecule has 2 N–H and O–H groups in total. The van der Waals surface area contributed by atoms with Crippen molar-refractivity contribution in [2.75, 3.05) is 6.54 Å². The first-order valence-electron chi connectivity index (χ1n) is 8.44. The standard InChI is InChI=1S/C19H21F3N2O3/c1-3-13-4-6-14(7-5-13)17(12(2)24-11-19(20,21)22)27-15-8-9-16(18(25)26)23-10-15/h4-10,12,17,24H,3,11H2,1-2H3,(H,25,26)/t12-,17-/m0/s1. The fraction of sp³-hybridized carbons (Fsp3) is 0.368. The summed E-state index contributed by atoms with van der Waals surface area (Å²) in [4.78, 5) is 14.7. The zero-order valence-electron chi connectivity index (χ0n) is 15.0. The molecule has 2 rings (SSSR count). The van der Waals surface area contributed by atoms with Crippen LogP contribution in [0.15, 0.2) is 42.6 Å². The topological polar surface area (TPSA) is 71.5 Å². The number of hydrogen-bond donors (Lipinski definition) is 2. The molecule has 0 aliphatic heterocycles. The molecule has 1 aromatic carbocycles. The highest BCUT2D eigenvalue weighted by atomic mass is 19.4. The molecule has 0 fully saturated rings. The van der Waals surface area contributed by atoms with E-state index < -0.39 is 30.8 Å². The van der Waals surface area contributed by atoms with E-state index in [4.69, 9.17) is 9.84 Å². The predicted octanol–water partition coefficient (Wildman–Crippen LogP) is 4.00. The minimum absolute atomic E-state index is 0.144. The Balaban J connectivity index is 2.23. The lowest BCUT2D eigenvalue weighted by molar-refractivity contribution is -0.127. The summed E-state index contributed by atoms with van der Waals surface area (Å²) < 4.78 is 43.5. The number of nitrogens with zero attached hydrogens (tertiary/aromatic N) is 1. The van der Waals surface area contributed by atoms with Crippen LogP contribution in [0.1, 0.15) is 41.6 Å². The third-order valence-corrected chi connectivity index (χ3v) is 4.01. The van der Waals surface area contributed by atoms with Crippen LogP contribution < -0.4 is 10.1 Å². The lowest BCUT2D eigenvalue weighted by atomic mass is 10.0. The molecule has 0 spiro atoms. The zero-order chi connectivity index (χ0) is 20.0. The molecule has 0 radical (unpaired) electrons. The Morgan fingerprint density at radius 3 is 2.37 bits per heavy atom. The highest BCUT2D eigenvalue weighted by Gasteiger charge is 2.30. The number of benzene rings is 1. The van der Waals surface area contributed by atoms with Crippen molar-refractivity contribution >= 4 is 5.97 Å².